The van der Waals surface area contributed by atoms with E-state index in [0.717, 1.165) is 53.1 Å². The van der Waals surface area contributed by atoms with Crippen LogP contribution in [0.2, 0.25) is 0 Å². The molecule has 0 bridgehead atoms. The van der Waals surface area contributed by atoms with Crippen molar-refractivity contribution in [3.8, 4) is 0 Å². The van der Waals surface area contributed by atoms with Crippen LogP contribution >= 0.6 is 0 Å². The first-order valence-electron chi connectivity index (χ1n) is 18.1. The lowest BCUT2D eigenvalue weighted by atomic mass is 10.1. The van der Waals surface area contributed by atoms with Gasteiger partial charge in [-0.1, -0.05) is 24.3 Å². The number of hydrogen-bond donors (Lipinski definition) is 0. The van der Waals surface area contributed by atoms with Crippen LogP contribution in [0.4, 0.5) is 0 Å². The number of fused-ring (bicyclic) bond motifs is 2. The summed E-state index contributed by atoms with van der Waals surface area (Å²) in [4.78, 5) is 43.6. The fraction of sp³-hybridized carbons (Fsp3) is 0.395. The Morgan fingerprint density at radius 2 is 1.36 bits per heavy atom. The van der Waals surface area contributed by atoms with Crippen molar-refractivity contribution in [3.05, 3.63) is 100 Å². The Balaban J connectivity index is 1.29. The molecule has 0 saturated carbocycles. The van der Waals surface area contributed by atoms with E-state index >= 15 is 0 Å². The first-order valence-corrected chi connectivity index (χ1v) is 18.1. The van der Waals surface area contributed by atoms with Crippen molar-refractivity contribution in [2.24, 2.45) is 24.1 Å². The number of nitrogens with zero attached hydrogens (tertiary/aromatic N) is 12. The molecule has 5 aromatic heterocycles. The number of pyridine rings is 1. The number of benzene rings is 1. The molecule has 6 heterocycles. The summed E-state index contributed by atoms with van der Waals surface area (Å²) in [6.07, 6.45) is 5.84. The van der Waals surface area contributed by atoms with Crippen LogP contribution in [0.1, 0.15) is 51.8 Å². The third-order valence-corrected chi connectivity index (χ3v) is 9.68. The highest BCUT2D eigenvalue weighted by Crippen LogP contribution is 2.21. The zero-order valence-corrected chi connectivity index (χ0v) is 31.2. The molecule has 1 aromatic carbocycles. The highest BCUT2D eigenvalue weighted by Gasteiger charge is 2.20. The molecule has 1 saturated heterocycles. The normalized spacial score (nSPS) is 14.8. The van der Waals surface area contributed by atoms with E-state index in [1.54, 1.807) is 27.7 Å². The maximum Gasteiger partial charge on any atom is 0.298 e. The fourth-order valence-corrected chi connectivity index (χ4v) is 7.10. The number of para-hydroxylation sites is 1. The van der Waals surface area contributed by atoms with E-state index in [2.05, 4.69) is 53.9 Å². The second-order valence-electron chi connectivity index (χ2n) is 13.2. The smallest absolute Gasteiger partial charge is 0.298 e. The number of hydrogen-bond acceptors (Lipinski definition) is 7. The van der Waals surface area contributed by atoms with Gasteiger partial charge in [0, 0.05) is 66.1 Å². The zero-order valence-electron chi connectivity index (χ0n) is 31.2. The second kappa shape index (κ2) is 15.1. The number of carbonyl (C=O) groups is 2. The molecule has 1 aliphatic rings. The molecule has 15 nitrogen and oxygen atoms in total. The predicted octanol–water partition coefficient (Wildman–Crippen LogP) is 3.29. The Morgan fingerprint density at radius 3 is 1.98 bits per heavy atom. The van der Waals surface area contributed by atoms with Gasteiger partial charge in [0.05, 0.1) is 41.2 Å². The molecule has 15 heteroatoms. The number of imidazole rings is 2. The maximum atomic E-state index is 13.8. The maximum absolute atomic E-state index is 13.8. The molecule has 0 unspecified atom stereocenters. The van der Waals surface area contributed by atoms with Gasteiger partial charge in [-0.2, -0.15) is 20.2 Å². The quantitative estimate of drug-likeness (QED) is 0.198. The van der Waals surface area contributed by atoms with Crippen LogP contribution in [0, 0.1) is 13.8 Å². The zero-order chi connectivity index (χ0) is 37.2. The minimum Gasteiger partial charge on any atom is -0.379 e. The number of amides is 2. The third kappa shape index (κ3) is 6.97. The Labute approximate surface area is 306 Å². The molecule has 0 radical (unpaired) electrons. The van der Waals surface area contributed by atoms with Gasteiger partial charge in [0.25, 0.3) is 11.8 Å². The Kier molecular flexibility index (Phi) is 10.2. The van der Waals surface area contributed by atoms with Gasteiger partial charge in [0.2, 0.25) is 11.2 Å². The van der Waals surface area contributed by atoms with E-state index in [1.165, 1.54) is 0 Å². The van der Waals surface area contributed by atoms with Crippen molar-refractivity contribution in [1.29, 1.82) is 0 Å². The van der Waals surface area contributed by atoms with Crippen LogP contribution in [-0.4, -0.2) is 85.8 Å². The summed E-state index contributed by atoms with van der Waals surface area (Å²) in [5.74, 6) is -0.718. The SMILES string of the molecule is CCn1nc(C)cc1C(=O)N=c1n(C)c2cccnc2n1C/C=C/Cn1c(=NC(=O)c2cc(C)nn2CC)n(C)c2cccc(CN3CCOCC3)c21. The van der Waals surface area contributed by atoms with Gasteiger partial charge in [-0.3, -0.25) is 28.4 Å². The number of aryl methyl sites for hydroxylation is 6. The Morgan fingerprint density at radius 1 is 0.792 bits per heavy atom. The van der Waals surface area contributed by atoms with E-state index in [0.29, 0.717) is 67.7 Å². The average Bonchev–Trinajstić information content (AvgIpc) is 3.89. The number of rotatable bonds is 10. The molecule has 1 aliphatic heterocycles. The molecule has 0 spiro atoms. The van der Waals surface area contributed by atoms with Crippen LogP contribution in [0.5, 0.6) is 0 Å². The van der Waals surface area contributed by atoms with Gasteiger partial charge >= 0.3 is 0 Å². The molecule has 0 N–H and O–H groups in total. The van der Waals surface area contributed by atoms with Gasteiger partial charge in [-0.15, -0.1) is 0 Å². The molecule has 7 rings (SSSR count). The molecule has 6 aromatic rings. The number of ether oxygens (including phenoxy) is 1. The van der Waals surface area contributed by atoms with Crippen molar-refractivity contribution in [2.45, 2.75) is 60.4 Å². The molecule has 2 amide bonds. The summed E-state index contributed by atoms with van der Waals surface area (Å²) < 4.78 is 16.9. The van der Waals surface area contributed by atoms with Gasteiger partial charge in [-0.05, 0) is 63.6 Å². The van der Waals surface area contributed by atoms with E-state index in [9.17, 15) is 9.59 Å². The molecular formula is C38H46N12O3. The summed E-state index contributed by atoms with van der Waals surface area (Å²) in [7, 11) is 3.83. The molecule has 0 aliphatic carbocycles. The highest BCUT2D eigenvalue weighted by molar-refractivity contribution is 5.94. The predicted molar refractivity (Wildman–Crippen MR) is 200 cm³/mol. The van der Waals surface area contributed by atoms with E-state index in [1.807, 2.05) is 73.7 Å². The third-order valence-electron chi connectivity index (χ3n) is 9.68. The van der Waals surface area contributed by atoms with E-state index in [-0.39, 0.29) is 11.8 Å². The lowest BCUT2D eigenvalue weighted by Gasteiger charge is -2.27. The molecular weight excluding hydrogens is 672 g/mol. The van der Waals surface area contributed by atoms with Crippen LogP contribution in [0.3, 0.4) is 0 Å². The Bertz CT molecular complexity index is 2490. The minimum atomic E-state index is -0.370. The van der Waals surface area contributed by atoms with Gasteiger partial charge in [0.1, 0.15) is 11.4 Å². The highest BCUT2D eigenvalue weighted by atomic mass is 16.5. The Hall–Kier alpha value is -5.67. The average molecular weight is 719 g/mol. The topological polar surface area (TPSA) is 140 Å². The standard InChI is InChI=1S/C38H46N12O3/c1-7-49-31(23-26(3)42-49)35(51)40-37-44(5)29-14-11-13-28(25-46-19-21-53-22-20-46)33(29)47(37)17-9-10-18-48-34-30(15-12-16-39-34)45(6)38(48)41-36(52)32-24-27(4)43-50(32)8-2/h9-16,23-24H,7-8,17-22,25H2,1-6H3/b10-9+,40-37?,41-38?. The van der Waals surface area contributed by atoms with Crippen LogP contribution in [0.25, 0.3) is 22.2 Å². The van der Waals surface area contributed by atoms with Gasteiger partial charge in [-0.25, -0.2) is 4.98 Å². The summed E-state index contributed by atoms with van der Waals surface area (Å²) in [5, 5.41) is 8.91. The number of allylic oxidation sites excluding steroid dienone is 2. The van der Waals surface area contributed by atoms with Crippen LogP contribution in [-0.2, 0) is 51.6 Å². The minimum absolute atomic E-state index is 0.348. The van der Waals surface area contributed by atoms with Crippen molar-refractivity contribution in [3.63, 3.8) is 0 Å². The van der Waals surface area contributed by atoms with Crippen molar-refractivity contribution in [2.75, 3.05) is 26.3 Å². The molecule has 1 fully saturated rings. The second-order valence-corrected chi connectivity index (χ2v) is 13.2. The monoisotopic (exact) mass is 718 g/mol. The van der Waals surface area contributed by atoms with E-state index < -0.39 is 0 Å². The number of morpholine rings is 1. The summed E-state index contributed by atoms with van der Waals surface area (Å²) in [5.41, 5.74) is 8.13. The molecule has 276 valence electrons. The first-order chi connectivity index (χ1) is 25.7. The first kappa shape index (κ1) is 35.7. The van der Waals surface area contributed by atoms with Gasteiger partial charge < -0.3 is 18.4 Å². The van der Waals surface area contributed by atoms with Crippen molar-refractivity contribution < 1.29 is 14.3 Å². The summed E-state index contributed by atoms with van der Waals surface area (Å²) >= 11 is 0. The lowest BCUT2D eigenvalue weighted by molar-refractivity contribution is 0.0343. The summed E-state index contributed by atoms with van der Waals surface area (Å²) in [6, 6.07) is 13.7. The lowest BCUT2D eigenvalue weighted by Crippen LogP contribution is -2.35. The summed E-state index contributed by atoms with van der Waals surface area (Å²) in [6.45, 7) is 13.5. The van der Waals surface area contributed by atoms with E-state index in [4.69, 9.17) is 9.73 Å². The number of aromatic nitrogens is 9. The van der Waals surface area contributed by atoms with Crippen LogP contribution in [0.15, 0.2) is 70.8 Å². The van der Waals surface area contributed by atoms with Gasteiger partial charge in [0.15, 0.2) is 5.65 Å². The van der Waals surface area contributed by atoms with Crippen LogP contribution < -0.4 is 11.2 Å². The molecule has 0 atom stereocenters. The number of carbonyl (C=O) groups excluding carboxylic acids is 2. The molecule has 53 heavy (non-hydrogen) atoms. The largest absolute Gasteiger partial charge is 0.379 e. The fourth-order valence-electron chi connectivity index (χ4n) is 7.10. The van der Waals surface area contributed by atoms with Crippen molar-refractivity contribution >= 4 is 34.0 Å². The van der Waals surface area contributed by atoms with Crippen molar-refractivity contribution in [1.82, 2.24) is 47.7 Å².